The number of hydrogen-bond acceptors (Lipinski definition) is 4. The molecule has 3 unspecified atom stereocenters. The minimum absolute atomic E-state index is 0.225. The van der Waals surface area contributed by atoms with Gasteiger partial charge in [-0.3, -0.25) is 0 Å². The average Bonchev–Trinajstić information content (AvgIpc) is 2.68. The summed E-state index contributed by atoms with van der Waals surface area (Å²) in [4.78, 5) is 1.13. The van der Waals surface area contributed by atoms with E-state index >= 15 is 0 Å². The van der Waals surface area contributed by atoms with E-state index in [2.05, 4.69) is 12.2 Å². The van der Waals surface area contributed by atoms with Gasteiger partial charge in [0, 0.05) is 16.5 Å². The number of nitrogens with one attached hydrogen (secondary N) is 1. The molecular weight excluding hydrogens is 258 g/mol. The first-order valence-corrected chi connectivity index (χ1v) is 7.15. The number of fused-ring (bicyclic) bond motifs is 2. The molecule has 1 spiro atoms. The molecule has 0 saturated carbocycles. The molecule has 1 aromatic heterocycles. The lowest BCUT2D eigenvalue weighted by atomic mass is 9.82. The number of halogens is 1. The highest BCUT2D eigenvalue weighted by Crippen LogP contribution is 2.48. The van der Waals surface area contributed by atoms with E-state index in [1.54, 1.807) is 11.3 Å². The molecule has 1 aromatic rings. The van der Waals surface area contributed by atoms with Crippen molar-refractivity contribution in [1.29, 1.82) is 0 Å². The Morgan fingerprint density at radius 3 is 3.24 bits per heavy atom. The molecule has 0 aromatic carbocycles. The number of rotatable bonds is 0. The van der Waals surface area contributed by atoms with Gasteiger partial charge in [0.2, 0.25) is 0 Å². The highest BCUT2D eigenvalue weighted by molar-refractivity contribution is 7.16. The largest absolute Gasteiger partial charge is 0.386 e. The minimum atomic E-state index is -0.524. The molecule has 1 saturated heterocycles. The molecule has 3 heterocycles. The van der Waals surface area contributed by atoms with Crippen LogP contribution in [-0.4, -0.2) is 24.3 Å². The van der Waals surface area contributed by atoms with E-state index in [0.29, 0.717) is 12.6 Å². The first kappa shape index (κ1) is 11.9. The van der Waals surface area contributed by atoms with Crippen molar-refractivity contribution >= 4 is 22.9 Å². The Labute approximate surface area is 110 Å². The van der Waals surface area contributed by atoms with Crippen LogP contribution in [0, 0.1) is 0 Å². The first-order valence-electron chi connectivity index (χ1n) is 5.96. The van der Waals surface area contributed by atoms with Crippen LogP contribution in [0.3, 0.4) is 0 Å². The SMILES string of the molecule is CC1CC2(CCN1)OCC(O)c1cc(Cl)sc12. The molecule has 17 heavy (non-hydrogen) atoms. The van der Waals surface area contributed by atoms with Crippen molar-refractivity contribution in [2.24, 2.45) is 0 Å². The van der Waals surface area contributed by atoms with Gasteiger partial charge in [-0.1, -0.05) is 11.6 Å². The zero-order valence-corrected chi connectivity index (χ0v) is 11.3. The molecule has 3 nitrogen and oxygen atoms in total. The van der Waals surface area contributed by atoms with Gasteiger partial charge in [-0.2, -0.15) is 0 Å². The number of aliphatic hydroxyl groups excluding tert-OH is 1. The third kappa shape index (κ3) is 1.92. The number of hydrogen-bond donors (Lipinski definition) is 2. The minimum Gasteiger partial charge on any atom is -0.386 e. The van der Waals surface area contributed by atoms with E-state index in [9.17, 15) is 5.11 Å². The Morgan fingerprint density at radius 1 is 1.65 bits per heavy atom. The monoisotopic (exact) mass is 273 g/mol. The maximum absolute atomic E-state index is 9.96. The average molecular weight is 274 g/mol. The topological polar surface area (TPSA) is 41.5 Å². The molecule has 0 radical (unpaired) electrons. The van der Waals surface area contributed by atoms with Gasteiger partial charge in [-0.15, -0.1) is 11.3 Å². The van der Waals surface area contributed by atoms with Gasteiger partial charge in [0.05, 0.1) is 10.9 Å². The summed E-state index contributed by atoms with van der Waals surface area (Å²) in [6.45, 7) is 3.50. The smallest absolute Gasteiger partial charge is 0.105 e. The van der Waals surface area contributed by atoms with Crippen molar-refractivity contribution in [2.45, 2.75) is 37.5 Å². The van der Waals surface area contributed by atoms with Crippen LogP contribution >= 0.6 is 22.9 Å². The van der Waals surface area contributed by atoms with Crippen molar-refractivity contribution < 1.29 is 9.84 Å². The molecule has 0 bridgehead atoms. The van der Waals surface area contributed by atoms with E-state index in [0.717, 1.165) is 34.2 Å². The van der Waals surface area contributed by atoms with E-state index in [-0.39, 0.29) is 5.60 Å². The Balaban J connectivity index is 2.04. The van der Waals surface area contributed by atoms with Gasteiger partial charge in [0.25, 0.3) is 0 Å². The van der Waals surface area contributed by atoms with Crippen LogP contribution < -0.4 is 5.32 Å². The fourth-order valence-corrected chi connectivity index (χ4v) is 4.37. The fraction of sp³-hybridized carbons (Fsp3) is 0.667. The van der Waals surface area contributed by atoms with Gasteiger partial charge < -0.3 is 15.2 Å². The van der Waals surface area contributed by atoms with Crippen LogP contribution in [0.5, 0.6) is 0 Å². The van der Waals surface area contributed by atoms with Gasteiger partial charge >= 0.3 is 0 Å². The van der Waals surface area contributed by atoms with Crippen LogP contribution in [0.2, 0.25) is 4.34 Å². The number of piperidine rings is 1. The highest BCUT2D eigenvalue weighted by atomic mass is 35.5. The van der Waals surface area contributed by atoms with Crippen molar-refractivity contribution in [2.75, 3.05) is 13.2 Å². The third-order valence-electron chi connectivity index (χ3n) is 3.68. The van der Waals surface area contributed by atoms with Crippen LogP contribution in [0.4, 0.5) is 0 Å². The number of ether oxygens (including phenoxy) is 1. The summed E-state index contributed by atoms with van der Waals surface area (Å²) < 4.78 is 6.73. The van der Waals surface area contributed by atoms with E-state index in [1.807, 2.05) is 6.07 Å². The third-order valence-corrected chi connectivity index (χ3v) is 5.14. The number of aliphatic hydroxyl groups is 1. The van der Waals surface area contributed by atoms with E-state index in [4.69, 9.17) is 16.3 Å². The number of thiophene rings is 1. The quantitative estimate of drug-likeness (QED) is 0.763. The lowest BCUT2D eigenvalue weighted by Crippen LogP contribution is -2.48. The highest BCUT2D eigenvalue weighted by Gasteiger charge is 2.44. The lowest BCUT2D eigenvalue weighted by molar-refractivity contribution is -0.121. The van der Waals surface area contributed by atoms with Gasteiger partial charge in [0.15, 0.2) is 0 Å². The molecule has 5 heteroatoms. The summed E-state index contributed by atoms with van der Waals surface area (Å²) in [5, 5.41) is 13.4. The summed E-state index contributed by atoms with van der Waals surface area (Å²) in [6.07, 6.45) is 1.38. The van der Waals surface area contributed by atoms with E-state index < -0.39 is 6.10 Å². The van der Waals surface area contributed by atoms with Crippen molar-refractivity contribution in [3.63, 3.8) is 0 Å². The lowest BCUT2D eigenvalue weighted by Gasteiger charge is -2.43. The van der Waals surface area contributed by atoms with Crippen molar-refractivity contribution in [3.8, 4) is 0 Å². The Morgan fingerprint density at radius 2 is 2.47 bits per heavy atom. The van der Waals surface area contributed by atoms with E-state index in [1.165, 1.54) is 0 Å². The van der Waals surface area contributed by atoms with Crippen LogP contribution in [0.1, 0.15) is 36.3 Å². The molecule has 3 atom stereocenters. The normalized spacial score (nSPS) is 37.1. The van der Waals surface area contributed by atoms with Crippen molar-refractivity contribution in [3.05, 3.63) is 20.8 Å². The van der Waals surface area contributed by atoms with Crippen LogP contribution in [0.15, 0.2) is 6.07 Å². The van der Waals surface area contributed by atoms with Gasteiger partial charge in [0.1, 0.15) is 11.7 Å². The summed E-state index contributed by atoms with van der Waals surface area (Å²) in [5.74, 6) is 0. The molecule has 0 amide bonds. The first-order chi connectivity index (χ1) is 8.11. The second-order valence-electron chi connectivity index (χ2n) is 4.97. The molecule has 1 fully saturated rings. The molecule has 2 aliphatic heterocycles. The van der Waals surface area contributed by atoms with Crippen LogP contribution in [-0.2, 0) is 10.3 Å². The summed E-state index contributed by atoms with van der Waals surface area (Å²) in [7, 11) is 0. The van der Waals surface area contributed by atoms with Crippen LogP contribution in [0.25, 0.3) is 0 Å². The second-order valence-corrected chi connectivity index (χ2v) is 6.65. The molecule has 0 aliphatic carbocycles. The standard InChI is InChI=1S/C12H16ClNO2S/c1-7-5-12(2-3-14-7)11-8(4-10(13)17-11)9(15)6-16-12/h4,7,9,14-15H,2-3,5-6H2,1H3. The summed E-state index contributed by atoms with van der Waals surface area (Å²) in [6, 6.07) is 2.33. The molecule has 2 aliphatic rings. The zero-order valence-electron chi connectivity index (χ0n) is 9.70. The zero-order chi connectivity index (χ0) is 12.0. The molecule has 2 N–H and O–H groups in total. The summed E-state index contributed by atoms with van der Waals surface area (Å²) >= 11 is 7.65. The molecule has 3 rings (SSSR count). The second kappa shape index (κ2) is 4.21. The Bertz CT molecular complexity index is 436. The predicted octanol–water partition coefficient (Wildman–Crippen LogP) is 2.43. The Hall–Kier alpha value is -0.130. The fourth-order valence-electron chi connectivity index (χ4n) is 2.90. The van der Waals surface area contributed by atoms with Gasteiger partial charge in [-0.25, -0.2) is 0 Å². The maximum Gasteiger partial charge on any atom is 0.105 e. The molecule has 94 valence electrons. The predicted molar refractivity (Wildman–Crippen MR) is 68.6 cm³/mol. The maximum atomic E-state index is 9.96. The Kier molecular flexibility index (Phi) is 2.96. The molecular formula is C12H16ClNO2S. The summed E-state index contributed by atoms with van der Waals surface area (Å²) in [5.41, 5.74) is 0.747. The van der Waals surface area contributed by atoms with Crippen molar-refractivity contribution in [1.82, 2.24) is 5.32 Å². The van der Waals surface area contributed by atoms with Gasteiger partial charge in [-0.05, 0) is 32.4 Å².